The molecule has 28 heavy (non-hydrogen) atoms. The zero-order chi connectivity index (χ0) is 19.2. The molecule has 2 rings (SSSR count). The lowest BCUT2D eigenvalue weighted by Gasteiger charge is -2.23. The van der Waals surface area contributed by atoms with E-state index in [1.54, 1.807) is 7.11 Å². The third-order valence-electron chi connectivity index (χ3n) is 5.34. The van der Waals surface area contributed by atoms with Crippen molar-refractivity contribution in [3.05, 3.63) is 0 Å². The normalized spacial score (nSPS) is 21.5. The van der Waals surface area contributed by atoms with Gasteiger partial charge in [0.05, 0.1) is 13.2 Å². The Morgan fingerprint density at radius 2 is 2.00 bits per heavy atom. The maximum Gasteiger partial charge on any atom is 0.191 e. The van der Waals surface area contributed by atoms with Crippen molar-refractivity contribution in [1.29, 1.82) is 0 Å². The third-order valence-corrected chi connectivity index (χ3v) is 5.34. The smallest absolute Gasteiger partial charge is 0.191 e. The predicted octanol–water partition coefficient (Wildman–Crippen LogP) is 2.10. The van der Waals surface area contributed by atoms with E-state index in [1.165, 1.54) is 12.8 Å². The number of hydrogen-bond donors (Lipinski definition) is 2. The summed E-state index contributed by atoms with van der Waals surface area (Å²) in [5.74, 6) is 1.60. The molecule has 0 aromatic rings. The standard InChI is InChI=1S/C20H40N4O3.HI/c1-3-21-20(23-16-19-6-4-10-24(19)11-15-25-2)22-9-5-12-27-17-18-7-13-26-14-8-18;/h18-19H,3-17H2,1-2H3,(H2,21,22,23);1H. The molecule has 1 atom stereocenters. The zero-order valence-electron chi connectivity index (χ0n) is 17.8. The molecular weight excluding hydrogens is 471 g/mol. The molecule has 2 aliphatic heterocycles. The summed E-state index contributed by atoms with van der Waals surface area (Å²) in [7, 11) is 1.77. The van der Waals surface area contributed by atoms with E-state index < -0.39 is 0 Å². The van der Waals surface area contributed by atoms with Crippen LogP contribution in [-0.4, -0.2) is 89.8 Å². The van der Waals surface area contributed by atoms with Gasteiger partial charge in [-0.25, -0.2) is 0 Å². The van der Waals surface area contributed by atoms with Gasteiger partial charge in [-0.3, -0.25) is 9.89 Å². The highest BCUT2D eigenvalue weighted by Crippen LogP contribution is 2.17. The van der Waals surface area contributed by atoms with Crippen LogP contribution in [-0.2, 0) is 14.2 Å². The molecule has 0 amide bonds. The monoisotopic (exact) mass is 512 g/mol. The molecule has 7 nitrogen and oxygen atoms in total. The Labute approximate surface area is 188 Å². The van der Waals surface area contributed by atoms with Crippen LogP contribution in [0.3, 0.4) is 0 Å². The van der Waals surface area contributed by atoms with E-state index in [1.807, 2.05) is 0 Å². The lowest BCUT2D eigenvalue weighted by molar-refractivity contribution is 0.0203. The molecule has 2 aliphatic rings. The first-order valence-corrected chi connectivity index (χ1v) is 10.7. The molecule has 0 aromatic heterocycles. The molecule has 0 spiro atoms. The summed E-state index contributed by atoms with van der Waals surface area (Å²) in [6.45, 7) is 11.1. The molecular formula is C20H41IN4O3. The fraction of sp³-hybridized carbons (Fsp3) is 0.950. The number of hydrogen-bond acceptors (Lipinski definition) is 5. The maximum atomic E-state index is 5.83. The highest BCUT2D eigenvalue weighted by molar-refractivity contribution is 14.0. The van der Waals surface area contributed by atoms with E-state index in [0.29, 0.717) is 12.0 Å². The SMILES string of the molecule is CCNC(=NCC1CCCN1CCOC)NCCCOCC1CCOCC1.I. The van der Waals surface area contributed by atoms with E-state index in [-0.39, 0.29) is 24.0 Å². The number of nitrogens with zero attached hydrogens (tertiary/aromatic N) is 2. The van der Waals surface area contributed by atoms with Crippen molar-refractivity contribution in [3.63, 3.8) is 0 Å². The van der Waals surface area contributed by atoms with Gasteiger partial charge in [0.1, 0.15) is 0 Å². The first-order chi connectivity index (χ1) is 13.3. The van der Waals surface area contributed by atoms with Gasteiger partial charge in [-0.2, -0.15) is 0 Å². The molecule has 0 aliphatic carbocycles. The number of rotatable bonds is 12. The summed E-state index contributed by atoms with van der Waals surface area (Å²) >= 11 is 0. The molecule has 0 saturated carbocycles. The van der Waals surface area contributed by atoms with Crippen molar-refractivity contribution in [3.8, 4) is 0 Å². The Balaban J connectivity index is 0.00000392. The van der Waals surface area contributed by atoms with E-state index in [4.69, 9.17) is 19.2 Å². The van der Waals surface area contributed by atoms with Crippen LogP contribution in [0.5, 0.6) is 0 Å². The summed E-state index contributed by atoms with van der Waals surface area (Å²) in [6, 6.07) is 0.540. The van der Waals surface area contributed by atoms with Crippen molar-refractivity contribution >= 4 is 29.9 Å². The molecule has 1 unspecified atom stereocenters. The zero-order valence-corrected chi connectivity index (χ0v) is 20.1. The van der Waals surface area contributed by atoms with Crippen LogP contribution in [0.25, 0.3) is 0 Å². The van der Waals surface area contributed by atoms with Crippen LogP contribution < -0.4 is 10.6 Å². The number of aliphatic imine (C=N–C) groups is 1. The van der Waals surface area contributed by atoms with Gasteiger partial charge in [0, 0.05) is 59.2 Å². The molecule has 8 heteroatoms. The Kier molecular flexibility index (Phi) is 15.4. The second-order valence-electron chi connectivity index (χ2n) is 7.46. The van der Waals surface area contributed by atoms with E-state index in [2.05, 4.69) is 22.5 Å². The summed E-state index contributed by atoms with van der Waals surface area (Å²) in [5, 5.41) is 6.78. The molecule has 0 aromatic carbocycles. The average Bonchev–Trinajstić information content (AvgIpc) is 3.15. The quantitative estimate of drug-likeness (QED) is 0.181. The van der Waals surface area contributed by atoms with E-state index in [0.717, 1.165) is 91.0 Å². The van der Waals surface area contributed by atoms with E-state index in [9.17, 15) is 0 Å². The van der Waals surface area contributed by atoms with Gasteiger partial charge in [0.2, 0.25) is 0 Å². The number of nitrogens with one attached hydrogen (secondary N) is 2. The highest BCUT2D eigenvalue weighted by atomic mass is 127. The van der Waals surface area contributed by atoms with Gasteiger partial charge in [-0.1, -0.05) is 0 Å². The van der Waals surface area contributed by atoms with Crippen LogP contribution in [0.2, 0.25) is 0 Å². The molecule has 166 valence electrons. The Bertz CT molecular complexity index is 409. The van der Waals surface area contributed by atoms with Gasteiger partial charge >= 0.3 is 0 Å². The van der Waals surface area contributed by atoms with Gasteiger partial charge in [0.25, 0.3) is 0 Å². The third kappa shape index (κ3) is 10.6. The van der Waals surface area contributed by atoms with Crippen molar-refractivity contribution in [2.75, 3.05) is 72.9 Å². The van der Waals surface area contributed by atoms with Gasteiger partial charge < -0.3 is 24.8 Å². The second-order valence-corrected chi connectivity index (χ2v) is 7.46. The predicted molar refractivity (Wildman–Crippen MR) is 125 cm³/mol. The van der Waals surface area contributed by atoms with Crippen LogP contribution in [0.15, 0.2) is 4.99 Å². The average molecular weight is 512 g/mol. The number of methoxy groups -OCH3 is 1. The minimum absolute atomic E-state index is 0. The van der Waals surface area contributed by atoms with Crippen molar-refractivity contribution in [1.82, 2.24) is 15.5 Å². The lowest BCUT2D eigenvalue weighted by Crippen LogP contribution is -2.40. The van der Waals surface area contributed by atoms with Crippen LogP contribution in [0, 0.1) is 5.92 Å². The summed E-state index contributed by atoms with van der Waals surface area (Å²) < 4.78 is 16.4. The first kappa shape index (κ1) is 25.9. The molecule has 0 radical (unpaired) electrons. The minimum Gasteiger partial charge on any atom is -0.383 e. The topological polar surface area (TPSA) is 67.4 Å². The minimum atomic E-state index is 0. The highest BCUT2D eigenvalue weighted by Gasteiger charge is 2.23. The number of guanidine groups is 1. The molecule has 2 N–H and O–H groups in total. The molecule has 0 bridgehead atoms. The van der Waals surface area contributed by atoms with Crippen LogP contribution >= 0.6 is 24.0 Å². The second kappa shape index (κ2) is 16.6. The maximum absolute atomic E-state index is 5.83. The summed E-state index contributed by atoms with van der Waals surface area (Å²) in [4.78, 5) is 7.30. The molecule has 2 fully saturated rings. The summed E-state index contributed by atoms with van der Waals surface area (Å²) in [6.07, 6.45) is 5.76. The fourth-order valence-corrected chi connectivity index (χ4v) is 3.69. The van der Waals surface area contributed by atoms with Crippen molar-refractivity contribution in [2.24, 2.45) is 10.9 Å². The Morgan fingerprint density at radius 1 is 1.18 bits per heavy atom. The Hall–Kier alpha value is -0.160. The fourth-order valence-electron chi connectivity index (χ4n) is 3.69. The summed E-state index contributed by atoms with van der Waals surface area (Å²) in [5.41, 5.74) is 0. The van der Waals surface area contributed by atoms with Crippen LogP contribution in [0.1, 0.15) is 39.0 Å². The Morgan fingerprint density at radius 3 is 2.75 bits per heavy atom. The van der Waals surface area contributed by atoms with Gasteiger partial charge in [0.15, 0.2) is 5.96 Å². The number of ether oxygens (including phenoxy) is 3. The van der Waals surface area contributed by atoms with Gasteiger partial charge in [-0.05, 0) is 51.5 Å². The van der Waals surface area contributed by atoms with Crippen molar-refractivity contribution < 1.29 is 14.2 Å². The van der Waals surface area contributed by atoms with Gasteiger partial charge in [-0.15, -0.1) is 24.0 Å². The van der Waals surface area contributed by atoms with E-state index >= 15 is 0 Å². The first-order valence-electron chi connectivity index (χ1n) is 10.7. The molecule has 2 saturated heterocycles. The van der Waals surface area contributed by atoms with Crippen molar-refractivity contribution in [2.45, 2.75) is 45.1 Å². The largest absolute Gasteiger partial charge is 0.383 e. The lowest BCUT2D eigenvalue weighted by atomic mass is 10.0. The molecule has 2 heterocycles. The van der Waals surface area contributed by atoms with Crippen LogP contribution in [0.4, 0.5) is 0 Å². The number of halogens is 1. The number of likely N-dealkylation sites (tertiary alicyclic amines) is 1.